The van der Waals surface area contributed by atoms with Crippen molar-refractivity contribution in [2.24, 2.45) is 5.92 Å². The van der Waals surface area contributed by atoms with E-state index in [2.05, 4.69) is 5.32 Å². The molecule has 0 aliphatic carbocycles. The van der Waals surface area contributed by atoms with Crippen molar-refractivity contribution in [3.8, 4) is 0 Å². The molecule has 7 nitrogen and oxygen atoms in total. The predicted molar refractivity (Wildman–Crippen MR) is 122 cm³/mol. The lowest BCUT2D eigenvalue weighted by molar-refractivity contribution is -0.151. The van der Waals surface area contributed by atoms with Gasteiger partial charge in [0, 0.05) is 29.9 Å². The largest absolute Gasteiger partial charge is 0.455 e. The molecule has 0 unspecified atom stereocenters. The minimum Gasteiger partial charge on any atom is -0.455 e. The molecular formula is C25H28N2O5. The summed E-state index contributed by atoms with van der Waals surface area (Å²) in [6, 6.07) is 12.4. The maximum absolute atomic E-state index is 12.7. The van der Waals surface area contributed by atoms with Crippen LogP contribution in [0.4, 0.5) is 11.4 Å². The summed E-state index contributed by atoms with van der Waals surface area (Å²) in [4.78, 5) is 50.4. The molecule has 1 aliphatic rings. The minimum atomic E-state index is -0.611. The van der Waals surface area contributed by atoms with Crippen LogP contribution in [0, 0.1) is 5.92 Å². The van der Waals surface area contributed by atoms with Crippen LogP contribution in [0.2, 0.25) is 0 Å². The Kier molecular flexibility index (Phi) is 7.41. The van der Waals surface area contributed by atoms with E-state index in [1.54, 1.807) is 29.2 Å². The van der Waals surface area contributed by atoms with Crippen LogP contribution in [0.5, 0.6) is 0 Å². The number of amides is 2. The third kappa shape index (κ3) is 5.22. The van der Waals surface area contributed by atoms with Gasteiger partial charge in [-0.3, -0.25) is 19.2 Å². The van der Waals surface area contributed by atoms with Crippen molar-refractivity contribution in [1.82, 2.24) is 0 Å². The Balaban J connectivity index is 1.58. The van der Waals surface area contributed by atoms with Gasteiger partial charge in [-0.15, -0.1) is 0 Å². The molecule has 0 saturated carbocycles. The summed E-state index contributed by atoms with van der Waals surface area (Å²) in [6.07, 6.45) is 1.64. The van der Waals surface area contributed by atoms with Gasteiger partial charge in [0.05, 0.1) is 5.92 Å². The molecule has 0 aromatic heterocycles. The van der Waals surface area contributed by atoms with E-state index in [-0.39, 0.29) is 24.7 Å². The number of aryl methyl sites for hydroxylation is 2. The number of benzene rings is 2. The van der Waals surface area contributed by atoms with Crippen LogP contribution in [0.15, 0.2) is 42.5 Å². The van der Waals surface area contributed by atoms with Crippen LogP contribution < -0.4 is 10.2 Å². The van der Waals surface area contributed by atoms with Crippen LogP contribution in [0.3, 0.4) is 0 Å². The van der Waals surface area contributed by atoms with E-state index in [0.717, 1.165) is 29.7 Å². The number of rotatable bonds is 8. The smallest absolute Gasteiger partial charge is 0.311 e. The number of nitrogens with zero attached hydrogens (tertiary/aromatic N) is 1. The molecule has 32 heavy (non-hydrogen) atoms. The summed E-state index contributed by atoms with van der Waals surface area (Å²) >= 11 is 0. The fraction of sp³-hybridized carbons (Fsp3) is 0.360. The molecule has 0 radical (unpaired) electrons. The highest BCUT2D eigenvalue weighted by Gasteiger charge is 2.37. The summed E-state index contributed by atoms with van der Waals surface area (Å²) in [5, 5.41) is 2.62. The first-order valence-electron chi connectivity index (χ1n) is 10.8. The maximum Gasteiger partial charge on any atom is 0.311 e. The number of hydrogen-bond acceptors (Lipinski definition) is 5. The Hall–Kier alpha value is -3.48. The van der Waals surface area contributed by atoms with E-state index in [4.69, 9.17) is 4.74 Å². The number of ether oxygens (including phenoxy) is 1. The SMILES string of the molecule is CCc1cccc(CC)c1N1C[C@H](C(=O)OCC(=O)Nc2ccc(C(C)=O)cc2)CC1=O. The fourth-order valence-corrected chi connectivity index (χ4v) is 3.88. The van der Waals surface area contributed by atoms with Gasteiger partial charge in [-0.25, -0.2) is 0 Å². The summed E-state index contributed by atoms with van der Waals surface area (Å²) in [6.45, 7) is 5.35. The van der Waals surface area contributed by atoms with Crippen LogP contribution in [-0.2, 0) is 32.0 Å². The van der Waals surface area contributed by atoms with Crippen molar-refractivity contribution in [3.05, 3.63) is 59.2 Å². The number of carbonyl (C=O) groups is 4. The van der Waals surface area contributed by atoms with Crippen molar-refractivity contribution in [2.75, 3.05) is 23.4 Å². The van der Waals surface area contributed by atoms with Crippen molar-refractivity contribution in [1.29, 1.82) is 0 Å². The molecular weight excluding hydrogens is 408 g/mol. The van der Waals surface area contributed by atoms with Gasteiger partial charge >= 0.3 is 5.97 Å². The van der Waals surface area contributed by atoms with E-state index in [1.165, 1.54) is 6.92 Å². The van der Waals surface area contributed by atoms with Crippen LogP contribution in [0.25, 0.3) is 0 Å². The molecule has 1 aliphatic heterocycles. The Labute approximate surface area is 187 Å². The van der Waals surface area contributed by atoms with Crippen LogP contribution >= 0.6 is 0 Å². The molecule has 2 aromatic rings. The average Bonchev–Trinajstić information content (AvgIpc) is 3.18. The third-order valence-corrected chi connectivity index (χ3v) is 5.61. The summed E-state index contributed by atoms with van der Waals surface area (Å²) < 4.78 is 5.18. The molecule has 7 heteroatoms. The number of para-hydroxylation sites is 1. The van der Waals surface area contributed by atoms with Gasteiger partial charge < -0.3 is 15.0 Å². The zero-order valence-corrected chi connectivity index (χ0v) is 18.6. The number of carbonyl (C=O) groups excluding carboxylic acids is 4. The summed E-state index contributed by atoms with van der Waals surface area (Å²) in [5.41, 5.74) is 4.08. The number of nitrogens with one attached hydrogen (secondary N) is 1. The molecule has 2 aromatic carbocycles. The second kappa shape index (κ2) is 10.2. The highest BCUT2D eigenvalue weighted by Crippen LogP contribution is 2.32. The molecule has 1 heterocycles. The van der Waals surface area contributed by atoms with Crippen molar-refractivity contribution < 1.29 is 23.9 Å². The average molecular weight is 437 g/mol. The lowest BCUT2D eigenvalue weighted by atomic mass is 10.0. The second-order valence-electron chi connectivity index (χ2n) is 7.83. The highest BCUT2D eigenvalue weighted by atomic mass is 16.5. The lowest BCUT2D eigenvalue weighted by Crippen LogP contribution is -2.29. The normalized spacial score (nSPS) is 15.5. The summed E-state index contributed by atoms with van der Waals surface area (Å²) in [5.74, 6) is -1.84. The lowest BCUT2D eigenvalue weighted by Gasteiger charge is -2.23. The molecule has 1 N–H and O–H groups in total. The minimum absolute atomic E-state index is 0.0637. The molecule has 168 valence electrons. The van der Waals surface area contributed by atoms with Crippen molar-refractivity contribution >= 4 is 34.9 Å². The predicted octanol–water partition coefficient (Wildman–Crippen LogP) is 3.55. The van der Waals surface area contributed by atoms with Crippen LogP contribution in [0.1, 0.15) is 48.7 Å². The number of hydrogen-bond donors (Lipinski definition) is 1. The van der Waals surface area contributed by atoms with Crippen molar-refractivity contribution in [2.45, 2.75) is 40.0 Å². The zero-order valence-electron chi connectivity index (χ0n) is 18.6. The first kappa shape index (κ1) is 23.2. The molecule has 1 saturated heterocycles. The Morgan fingerprint density at radius 1 is 1.03 bits per heavy atom. The molecule has 2 amide bonds. The molecule has 3 rings (SSSR count). The van der Waals surface area contributed by atoms with E-state index in [9.17, 15) is 19.2 Å². The van der Waals surface area contributed by atoms with Gasteiger partial charge in [0.2, 0.25) is 5.91 Å². The van der Waals surface area contributed by atoms with E-state index >= 15 is 0 Å². The van der Waals surface area contributed by atoms with E-state index < -0.39 is 24.4 Å². The number of anilines is 2. The first-order valence-corrected chi connectivity index (χ1v) is 10.8. The molecule has 1 fully saturated rings. The van der Waals surface area contributed by atoms with Gasteiger partial charge in [-0.1, -0.05) is 32.0 Å². The van der Waals surface area contributed by atoms with Gasteiger partial charge in [0.15, 0.2) is 12.4 Å². The standard InChI is InChI=1S/C25H28N2O5/c1-4-17-7-6-8-18(5-2)24(17)27-14-20(13-23(27)30)25(31)32-15-22(29)26-21-11-9-19(10-12-21)16(3)28/h6-12,20H,4-5,13-15H2,1-3H3,(H,26,29)/t20-/m1/s1. The monoisotopic (exact) mass is 436 g/mol. The molecule has 1 atom stereocenters. The fourth-order valence-electron chi connectivity index (χ4n) is 3.88. The number of ketones is 1. The first-order chi connectivity index (χ1) is 15.3. The molecule has 0 spiro atoms. The maximum atomic E-state index is 12.7. The van der Waals surface area contributed by atoms with Gasteiger partial charge in [-0.05, 0) is 55.2 Å². The van der Waals surface area contributed by atoms with E-state index in [1.807, 2.05) is 32.0 Å². The van der Waals surface area contributed by atoms with Gasteiger partial charge in [0.25, 0.3) is 5.91 Å². The Bertz CT molecular complexity index is 1010. The second-order valence-corrected chi connectivity index (χ2v) is 7.83. The van der Waals surface area contributed by atoms with Crippen LogP contribution in [-0.4, -0.2) is 36.7 Å². The van der Waals surface area contributed by atoms with Crippen molar-refractivity contribution in [3.63, 3.8) is 0 Å². The third-order valence-electron chi connectivity index (χ3n) is 5.61. The highest BCUT2D eigenvalue weighted by molar-refractivity contribution is 6.01. The summed E-state index contributed by atoms with van der Waals surface area (Å²) in [7, 11) is 0. The number of Topliss-reactive ketones (excluding diaryl/α,β-unsaturated/α-hetero) is 1. The number of esters is 1. The van der Waals surface area contributed by atoms with Gasteiger partial charge in [0.1, 0.15) is 0 Å². The Morgan fingerprint density at radius 2 is 1.66 bits per heavy atom. The Morgan fingerprint density at radius 3 is 2.22 bits per heavy atom. The molecule has 0 bridgehead atoms. The quantitative estimate of drug-likeness (QED) is 0.505. The zero-order chi connectivity index (χ0) is 23.3. The topological polar surface area (TPSA) is 92.8 Å². The van der Waals surface area contributed by atoms with E-state index in [0.29, 0.717) is 11.3 Å². The van der Waals surface area contributed by atoms with Gasteiger partial charge in [-0.2, -0.15) is 0 Å².